The lowest BCUT2D eigenvalue weighted by atomic mass is 9.99. The molecular weight excluding hydrogens is 409 g/mol. The molecule has 0 aliphatic carbocycles. The topological polar surface area (TPSA) is 73.4 Å². The average Bonchev–Trinajstić information content (AvgIpc) is 2.68. The van der Waals surface area contributed by atoms with Crippen LogP contribution in [-0.2, 0) is 11.0 Å². The molecule has 0 fully saturated rings. The summed E-state index contributed by atoms with van der Waals surface area (Å²) < 4.78 is 36.3. The minimum Gasteiger partial charge on any atom is -0.378 e. The maximum Gasteiger partial charge on any atom is 0.416 e. The summed E-state index contributed by atoms with van der Waals surface area (Å²) in [7, 11) is 7.24. The van der Waals surface area contributed by atoms with E-state index in [1.165, 1.54) is 12.1 Å². The monoisotopic (exact) mass is 438 g/mol. The fourth-order valence-electron chi connectivity index (χ4n) is 3.27. The van der Waals surface area contributed by atoms with Crippen molar-refractivity contribution < 1.29 is 18.0 Å². The Kier molecular flexibility index (Phi) is 7.35. The highest BCUT2D eigenvalue weighted by Gasteiger charge is 2.35. The Hall–Kier alpha value is -3.04. The SMILES string of the molecule is CN(C)c1ccc(C(F)(F)F)cc1.CNc1nc(C)c2c(n1)N(C)[C@@H](C(C)C)C(=O)N2. The van der Waals surface area contributed by atoms with Crippen LogP contribution in [0.3, 0.4) is 0 Å². The van der Waals surface area contributed by atoms with Crippen molar-refractivity contribution in [3.8, 4) is 0 Å². The van der Waals surface area contributed by atoms with Crippen molar-refractivity contribution >= 4 is 29.0 Å². The summed E-state index contributed by atoms with van der Waals surface area (Å²) >= 11 is 0. The fourth-order valence-corrected chi connectivity index (χ4v) is 3.27. The molecule has 7 nitrogen and oxygen atoms in total. The van der Waals surface area contributed by atoms with Gasteiger partial charge in [0.1, 0.15) is 11.7 Å². The average molecular weight is 438 g/mol. The molecule has 3 rings (SSSR count). The van der Waals surface area contributed by atoms with E-state index < -0.39 is 11.7 Å². The van der Waals surface area contributed by atoms with E-state index in [1.807, 2.05) is 32.7 Å². The van der Waals surface area contributed by atoms with Crippen molar-refractivity contribution in [2.24, 2.45) is 5.92 Å². The number of alkyl halides is 3. The minimum atomic E-state index is -4.25. The number of nitrogens with zero attached hydrogens (tertiary/aromatic N) is 4. The van der Waals surface area contributed by atoms with E-state index in [-0.39, 0.29) is 17.9 Å². The first-order chi connectivity index (χ1) is 14.4. The molecule has 1 aromatic heterocycles. The van der Waals surface area contributed by atoms with Gasteiger partial charge >= 0.3 is 6.18 Å². The predicted octanol–water partition coefficient (Wildman–Crippen LogP) is 4.01. The highest BCUT2D eigenvalue weighted by molar-refractivity contribution is 6.03. The van der Waals surface area contributed by atoms with Gasteiger partial charge in [-0.15, -0.1) is 0 Å². The number of aryl methyl sites for hydroxylation is 1. The molecule has 0 radical (unpaired) electrons. The van der Waals surface area contributed by atoms with E-state index in [0.29, 0.717) is 11.6 Å². The van der Waals surface area contributed by atoms with Crippen LogP contribution < -0.4 is 20.4 Å². The summed E-state index contributed by atoms with van der Waals surface area (Å²) in [6, 6.07) is 4.85. The number of nitrogens with one attached hydrogen (secondary N) is 2. The molecule has 1 amide bonds. The second kappa shape index (κ2) is 9.40. The van der Waals surface area contributed by atoms with Crippen molar-refractivity contribution in [1.82, 2.24) is 9.97 Å². The van der Waals surface area contributed by atoms with Gasteiger partial charge in [-0.1, -0.05) is 13.8 Å². The molecule has 0 saturated carbocycles. The van der Waals surface area contributed by atoms with Crippen LogP contribution in [0.5, 0.6) is 0 Å². The molecule has 2 aromatic rings. The molecule has 1 aromatic carbocycles. The number of carbonyl (C=O) groups is 1. The molecule has 0 bridgehead atoms. The molecule has 31 heavy (non-hydrogen) atoms. The Morgan fingerprint density at radius 2 is 1.74 bits per heavy atom. The molecule has 1 atom stereocenters. The summed E-state index contributed by atoms with van der Waals surface area (Å²) in [4.78, 5) is 24.5. The van der Waals surface area contributed by atoms with Gasteiger partial charge in [-0.2, -0.15) is 18.2 Å². The maximum atomic E-state index is 12.1. The molecule has 0 saturated heterocycles. The molecule has 10 heteroatoms. The number of fused-ring (bicyclic) bond motifs is 1. The van der Waals surface area contributed by atoms with E-state index in [4.69, 9.17) is 0 Å². The Bertz CT molecular complexity index is 913. The Morgan fingerprint density at radius 1 is 1.16 bits per heavy atom. The number of aromatic nitrogens is 2. The third-order valence-corrected chi connectivity index (χ3v) is 4.91. The van der Waals surface area contributed by atoms with Gasteiger partial charge in [-0.25, -0.2) is 4.98 Å². The van der Waals surface area contributed by atoms with Gasteiger partial charge < -0.3 is 20.4 Å². The van der Waals surface area contributed by atoms with Crippen LogP contribution in [0.2, 0.25) is 0 Å². The first-order valence-electron chi connectivity index (χ1n) is 9.81. The fraction of sp³-hybridized carbons (Fsp3) is 0.476. The van der Waals surface area contributed by atoms with Crippen LogP contribution in [0.4, 0.5) is 36.3 Å². The van der Waals surface area contributed by atoms with Gasteiger partial charge in [0.25, 0.3) is 0 Å². The summed E-state index contributed by atoms with van der Waals surface area (Å²) in [6.45, 7) is 5.92. The third kappa shape index (κ3) is 5.56. The standard InChI is InChI=1S/C12H19N5O.C9H10F3N/c1-6(2)9-11(18)15-8-7(3)14-12(13-4)16-10(8)17(9)5;1-13(2)8-5-3-7(4-6-8)9(10,11)12/h6,9H,1-5H3,(H,15,18)(H,13,14,16);3-6H,1-2H3/t9-;/m0./s1. The maximum absolute atomic E-state index is 12.1. The number of halogens is 3. The molecule has 2 N–H and O–H groups in total. The predicted molar refractivity (Wildman–Crippen MR) is 118 cm³/mol. The molecular formula is C21H29F3N6O. The van der Waals surface area contributed by atoms with Crippen LogP contribution in [0.15, 0.2) is 24.3 Å². The van der Waals surface area contributed by atoms with Gasteiger partial charge in [0.15, 0.2) is 5.82 Å². The lowest BCUT2D eigenvalue weighted by Gasteiger charge is -2.36. The van der Waals surface area contributed by atoms with Crippen molar-refractivity contribution in [2.75, 3.05) is 48.6 Å². The lowest BCUT2D eigenvalue weighted by molar-refractivity contribution is -0.137. The second-order valence-electron chi connectivity index (χ2n) is 7.81. The molecule has 1 aliphatic heterocycles. The lowest BCUT2D eigenvalue weighted by Crippen LogP contribution is -2.49. The van der Waals surface area contributed by atoms with Gasteiger partial charge in [0.2, 0.25) is 11.9 Å². The number of likely N-dealkylation sites (N-methyl/N-ethyl adjacent to an activating group) is 1. The van der Waals surface area contributed by atoms with E-state index >= 15 is 0 Å². The molecule has 170 valence electrons. The first-order valence-corrected chi connectivity index (χ1v) is 9.81. The van der Waals surface area contributed by atoms with Crippen LogP contribution in [0.25, 0.3) is 0 Å². The highest BCUT2D eigenvalue weighted by atomic mass is 19.4. The number of benzene rings is 1. The smallest absolute Gasteiger partial charge is 0.378 e. The molecule has 2 heterocycles. The van der Waals surface area contributed by atoms with Gasteiger partial charge in [-0.05, 0) is 37.1 Å². The summed E-state index contributed by atoms with van der Waals surface area (Å²) in [6.07, 6.45) is -4.25. The number of rotatable bonds is 3. The Morgan fingerprint density at radius 3 is 2.19 bits per heavy atom. The molecule has 0 spiro atoms. The normalized spacial score (nSPS) is 15.6. The number of amides is 1. The summed E-state index contributed by atoms with van der Waals surface area (Å²) in [5, 5.41) is 5.84. The number of anilines is 4. The quantitative estimate of drug-likeness (QED) is 0.755. The molecule has 0 unspecified atom stereocenters. The van der Waals surface area contributed by atoms with Crippen LogP contribution in [0, 0.1) is 12.8 Å². The van der Waals surface area contributed by atoms with Crippen molar-refractivity contribution in [1.29, 1.82) is 0 Å². The Labute approximate surface area is 180 Å². The van der Waals surface area contributed by atoms with Crippen molar-refractivity contribution in [2.45, 2.75) is 33.0 Å². The van der Waals surface area contributed by atoms with Crippen molar-refractivity contribution in [3.05, 3.63) is 35.5 Å². The zero-order valence-electron chi connectivity index (χ0n) is 18.8. The van der Waals surface area contributed by atoms with E-state index in [9.17, 15) is 18.0 Å². The summed E-state index contributed by atoms with van der Waals surface area (Å²) in [5.74, 6) is 1.56. The zero-order valence-corrected chi connectivity index (χ0v) is 18.8. The van der Waals surface area contributed by atoms with Gasteiger partial charge in [0.05, 0.1) is 11.3 Å². The minimum absolute atomic E-state index is 0.00362. The van der Waals surface area contributed by atoms with E-state index in [2.05, 4.69) is 20.6 Å². The second-order valence-corrected chi connectivity index (χ2v) is 7.81. The first kappa shape index (κ1) is 24.2. The van der Waals surface area contributed by atoms with Crippen LogP contribution in [-0.4, -0.2) is 50.1 Å². The van der Waals surface area contributed by atoms with E-state index in [1.54, 1.807) is 26.0 Å². The zero-order chi connectivity index (χ0) is 23.5. The number of carbonyl (C=O) groups excluding carboxylic acids is 1. The molecule has 1 aliphatic rings. The Balaban J connectivity index is 0.000000233. The van der Waals surface area contributed by atoms with Crippen LogP contribution in [0.1, 0.15) is 25.1 Å². The van der Waals surface area contributed by atoms with Gasteiger partial charge in [0, 0.05) is 33.9 Å². The van der Waals surface area contributed by atoms with Gasteiger partial charge in [-0.3, -0.25) is 4.79 Å². The third-order valence-electron chi connectivity index (χ3n) is 4.91. The van der Waals surface area contributed by atoms with Crippen molar-refractivity contribution in [3.63, 3.8) is 0 Å². The van der Waals surface area contributed by atoms with Crippen LogP contribution >= 0.6 is 0 Å². The largest absolute Gasteiger partial charge is 0.416 e. The number of hydrogen-bond donors (Lipinski definition) is 2. The van der Waals surface area contributed by atoms with E-state index in [0.717, 1.165) is 29.3 Å². The highest BCUT2D eigenvalue weighted by Crippen LogP contribution is 2.34. The number of hydrogen-bond acceptors (Lipinski definition) is 6. The summed E-state index contributed by atoms with van der Waals surface area (Å²) in [5.41, 5.74) is 1.62.